The Morgan fingerprint density at radius 3 is 2.72 bits per heavy atom. The molecule has 2 aliphatic heterocycles. The van der Waals surface area contributed by atoms with E-state index < -0.39 is 0 Å². The van der Waals surface area contributed by atoms with Gasteiger partial charge >= 0.3 is 0 Å². The Morgan fingerprint density at radius 1 is 1.00 bits per heavy atom. The van der Waals surface area contributed by atoms with Gasteiger partial charge in [0.1, 0.15) is 0 Å². The van der Waals surface area contributed by atoms with Gasteiger partial charge in [-0.15, -0.1) is 0 Å². The summed E-state index contributed by atoms with van der Waals surface area (Å²) in [4.78, 5) is 5.44. The second-order valence-electron chi connectivity index (χ2n) is 7.17. The summed E-state index contributed by atoms with van der Waals surface area (Å²) < 4.78 is 0. The molecule has 4 rings (SSSR count). The fourth-order valence-electron chi connectivity index (χ4n) is 5.25. The molecule has 102 valence electrons. The third kappa shape index (κ3) is 1.83. The van der Waals surface area contributed by atoms with Gasteiger partial charge in [-0.25, -0.2) is 0 Å². The molecule has 3 nitrogen and oxygen atoms in total. The number of nitrogens with two attached hydrogens (primary N) is 1. The zero-order valence-corrected chi connectivity index (χ0v) is 11.4. The van der Waals surface area contributed by atoms with E-state index in [1.165, 1.54) is 64.8 Å². The summed E-state index contributed by atoms with van der Waals surface area (Å²) in [7, 11) is 0. The molecule has 4 aliphatic rings. The molecular formula is C15H27N3. The molecule has 0 aromatic carbocycles. The second kappa shape index (κ2) is 4.46. The van der Waals surface area contributed by atoms with Crippen LogP contribution >= 0.6 is 0 Å². The molecule has 2 aliphatic carbocycles. The lowest BCUT2D eigenvalue weighted by Gasteiger charge is -2.40. The Morgan fingerprint density at radius 2 is 1.89 bits per heavy atom. The van der Waals surface area contributed by atoms with Crippen LogP contribution in [0.1, 0.15) is 32.1 Å². The SMILES string of the molecule is NC1C2CCC(C2)C1CN1CCN2CCCC2C1. The minimum absolute atomic E-state index is 0.519. The first-order valence-electron chi connectivity index (χ1n) is 8.03. The van der Waals surface area contributed by atoms with E-state index in [2.05, 4.69) is 9.80 Å². The van der Waals surface area contributed by atoms with Gasteiger partial charge in [0.15, 0.2) is 0 Å². The second-order valence-corrected chi connectivity index (χ2v) is 7.17. The summed E-state index contributed by atoms with van der Waals surface area (Å²) in [6, 6.07) is 1.39. The minimum Gasteiger partial charge on any atom is -0.327 e. The lowest BCUT2D eigenvalue weighted by atomic mass is 9.84. The van der Waals surface area contributed by atoms with Crippen LogP contribution in [0.3, 0.4) is 0 Å². The molecule has 3 heteroatoms. The van der Waals surface area contributed by atoms with Gasteiger partial charge in [0.2, 0.25) is 0 Å². The van der Waals surface area contributed by atoms with Gasteiger partial charge in [-0.3, -0.25) is 4.90 Å². The van der Waals surface area contributed by atoms with Crippen molar-refractivity contribution < 1.29 is 0 Å². The van der Waals surface area contributed by atoms with Crippen LogP contribution in [0.15, 0.2) is 0 Å². The van der Waals surface area contributed by atoms with E-state index in [0.29, 0.717) is 6.04 Å². The van der Waals surface area contributed by atoms with Crippen LogP contribution in [0.25, 0.3) is 0 Å². The van der Waals surface area contributed by atoms with Crippen LogP contribution in [-0.2, 0) is 0 Å². The predicted octanol–water partition coefficient (Wildman–Crippen LogP) is 1.14. The number of nitrogens with zero attached hydrogens (tertiary/aromatic N) is 2. The largest absolute Gasteiger partial charge is 0.327 e. The minimum atomic E-state index is 0.519. The van der Waals surface area contributed by atoms with E-state index in [0.717, 1.165) is 23.8 Å². The fraction of sp³-hybridized carbons (Fsp3) is 1.00. The highest BCUT2D eigenvalue weighted by Crippen LogP contribution is 2.47. The third-order valence-electron chi connectivity index (χ3n) is 6.30. The lowest BCUT2D eigenvalue weighted by molar-refractivity contribution is 0.0783. The zero-order chi connectivity index (χ0) is 12.1. The molecule has 18 heavy (non-hydrogen) atoms. The van der Waals surface area contributed by atoms with Crippen LogP contribution in [0.4, 0.5) is 0 Å². The maximum Gasteiger partial charge on any atom is 0.0224 e. The van der Waals surface area contributed by atoms with Gasteiger partial charge in [0, 0.05) is 38.3 Å². The smallest absolute Gasteiger partial charge is 0.0224 e. The third-order valence-corrected chi connectivity index (χ3v) is 6.30. The Bertz CT molecular complexity index is 317. The van der Waals surface area contributed by atoms with Crippen molar-refractivity contribution in [1.29, 1.82) is 0 Å². The monoisotopic (exact) mass is 249 g/mol. The van der Waals surface area contributed by atoms with E-state index in [4.69, 9.17) is 5.73 Å². The van der Waals surface area contributed by atoms with E-state index in [-0.39, 0.29) is 0 Å². The molecule has 0 amide bonds. The first kappa shape index (κ1) is 11.7. The van der Waals surface area contributed by atoms with Crippen LogP contribution < -0.4 is 5.73 Å². The average Bonchev–Trinajstić information content (AvgIpc) is 3.07. The molecule has 5 atom stereocenters. The normalized spacial score (nSPS) is 48.8. The van der Waals surface area contributed by atoms with Crippen LogP contribution in [0, 0.1) is 17.8 Å². The van der Waals surface area contributed by atoms with Gasteiger partial charge < -0.3 is 10.6 Å². The zero-order valence-electron chi connectivity index (χ0n) is 11.4. The first-order valence-corrected chi connectivity index (χ1v) is 8.03. The van der Waals surface area contributed by atoms with Crippen LogP contribution in [0.2, 0.25) is 0 Å². The van der Waals surface area contributed by atoms with Crippen molar-refractivity contribution in [2.45, 2.75) is 44.2 Å². The maximum atomic E-state index is 6.45. The number of hydrogen-bond donors (Lipinski definition) is 1. The quantitative estimate of drug-likeness (QED) is 0.796. The maximum absolute atomic E-state index is 6.45. The highest BCUT2D eigenvalue weighted by Gasteiger charge is 2.46. The van der Waals surface area contributed by atoms with E-state index >= 15 is 0 Å². The highest BCUT2D eigenvalue weighted by molar-refractivity contribution is 5.00. The Kier molecular flexibility index (Phi) is 2.90. The van der Waals surface area contributed by atoms with E-state index in [9.17, 15) is 0 Å². The fourth-order valence-corrected chi connectivity index (χ4v) is 5.25. The molecule has 0 aromatic rings. The van der Waals surface area contributed by atoms with Crippen LogP contribution in [-0.4, -0.2) is 54.6 Å². The van der Waals surface area contributed by atoms with Gasteiger partial charge in [0.05, 0.1) is 0 Å². The number of piperazine rings is 1. The lowest BCUT2D eigenvalue weighted by Crippen LogP contribution is -2.53. The van der Waals surface area contributed by atoms with Gasteiger partial charge in [-0.2, -0.15) is 0 Å². The number of rotatable bonds is 2. The van der Waals surface area contributed by atoms with Crippen molar-refractivity contribution in [3.63, 3.8) is 0 Å². The molecule has 2 N–H and O–H groups in total. The Hall–Kier alpha value is -0.120. The average molecular weight is 249 g/mol. The molecule has 0 spiro atoms. The van der Waals surface area contributed by atoms with E-state index in [1.54, 1.807) is 0 Å². The number of fused-ring (bicyclic) bond motifs is 3. The van der Waals surface area contributed by atoms with Gasteiger partial charge in [0.25, 0.3) is 0 Å². The standard InChI is InChI=1S/C15H27N3/c16-15-12-4-3-11(8-12)14(15)10-17-6-7-18-5-1-2-13(18)9-17/h11-15H,1-10,16H2. The van der Waals surface area contributed by atoms with Crippen molar-refractivity contribution in [1.82, 2.24) is 9.80 Å². The molecule has 5 unspecified atom stereocenters. The summed E-state index contributed by atoms with van der Waals surface area (Å²) >= 11 is 0. The van der Waals surface area contributed by atoms with Gasteiger partial charge in [-0.1, -0.05) is 0 Å². The molecular weight excluding hydrogens is 222 g/mol. The summed E-state index contributed by atoms with van der Waals surface area (Å²) in [5, 5.41) is 0. The molecule has 0 radical (unpaired) electrons. The molecule has 0 aromatic heterocycles. The number of hydrogen-bond acceptors (Lipinski definition) is 3. The van der Waals surface area contributed by atoms with Crippen molar-refractivity contribution in [3.8, 4) is 0 Å². The first-order chi connectivity index (χ1) is 8.81. The topological polar surface area (TPSA) is 32.5 Å². The van der Waals surface area contributed by atoms with Crippen molar-refractivity contribution in [2.75, 3.05) is 32.7 Å². The molecule has 2 heterocycles. The van der Waals surface area contributed by atoms with Crippen molar-refractivity contribution in [2.24, 2.45) is 23.5 Å². The molecule has 2 saturated carbocycles. The summed E-state index contributed by atoms with van der Waals surface area (Å²) in [6.45, 7) is 6.57. The van der Waals surface area contributed by atoms with E-state index in [1.807, 2.05) is 0 Å². The Balaban J connectivity index is 1.37. The van der Waals surface area contributed by atoms with Crippen LogP contribution in [0.5, 0.6) is 0 Å². The molecule has 2 bridgehead atoms. The highest BCUT2D eigenvalue weighted by atomic mass is 15.3. The predicted molar refractivity (Wildman–Crippen MR) is 73.3 cm³/mol. The summed E-state index contributed by atoms with van der Waals surface area (Å²) in [6.07, 6.45) is 7.17. The Labute approximate surface area is 111 Å². The molecule has 2 saturated heterocycles. The van der Waals surface area contributed by atoms with Crippen molar-refractivity contribution in [3.05, 3.63) is 0 Å². The summed E-state index contributed by atoms with van der Waals surface area (Å²) in [5.74, 6) is 2.65. The van der Waals surface area contributed by atoms with Gasteiger partial charge in [-0.05, 0) is 56.4 Å². The molecule has 4 fully saturated rings. The van der Waals surface area contributed by atoms with Crippen molar-refractivity contribution >= 4 is 0 Å². The summed E-state index contributed by atoms with van der Waals surface area (Å²) in [5.41, 5.74) is 6.45.